The number of nitrogens with two attached hydrogens (primary N) is 1. The number of anilines is 2. The number of nitrogen functional groups attached to an aromatic ring is 1. The second-order valence-electron chi connectivity index (χ2n) is 4.33. The van der Waals surface area contributed by atoms with Crippen LogP contribution >= 0.6 is 0 Å². The molecule has 0 aromatic heterocycles. The Balaban J connectivity index is 3.08. The van der Waals surface area contributed by atoms with Gasteiger partial charge >= 0.3 is 5.97 Å². The molecule has 0 spiro atoms. The predicted octanol–water partition coefficient (Wildman–Crippen LogP) is 0.951. The average molecular weight is 290 g/mol. The van der Waals surface area contributed by atoms with Crippen molar-refractivity contribution in [3.63, 3.8) is 0 Å². The first-order valence-electron chi connectivity index (χ1n) is 5.37. The van der Waals surface area contributed by atoms with Crippen LogP contribution in [0.2, 0.25) is 0 Å². The molecule has 8 heteroatoms. The molecule has 0 bridgehead atoms. The number of hydrogen-bond acceptors (Lipinski definition) is 5. The number of aromatic carboxylic acids is 1. The van der Waals surface area contributed by atoms with E-state index >= 15 is 0 Å². The van der Waals surface area contributed by atoms with Gasteiger partial charge in [-0.1, -0.05) is 0 Å². The third-order valence-corrected chi connectivity index (χ3v) is 3.47. The second kappa shape index (κ2) is 5.43. The van der Waals surface area contributed by atoms with E-state index in [1.54, 1.807) is 6.92 Å². The second-order valence-corrected chi connectivity index (χ2v) is 6.51. The van der Waals surface area contributed by atoms with E-state index in [1.807, 2.05) is 0 Å². The highest BCUT2D eigenvalue weighted by Gasteiger charge is 2.19. The quantitative estimate of drug-likeness (QED) is 0.697. The molecule has 106 valence electrons. The SMILES string of the molecule is CC(CS(C)(=O)=O)Nc1ccc(F)c(N)c1C(=O)O. The summed E-state index contributed by atoms with van der Waals surface area (Å²) in [5, 5.41) is 11.7. The van der Waals surface area contributed by atoms with Crippen molar-refractivity contribution >= 4 is 27.2 Å². The Bertz CT molecular complexity index is 601. The third kappa shape index (κ3) is 4.09. The zero-order valence-electron chi connectivity index (χ0n) is 10.5. The maximum atomic E-state index is 13.2. The standard InChI is InChI=1S/C11H15FN2O4S/c1-6(5-19(2,17)18)14-8-4-3-7(12)10(13)9(8)11(15)16/h3-4,6,14H,5,13H2,1-2H3,(H,15,16). The van der Waals surface area contributed by atoms with Crippen molar-refractivity contribution in [3.8, 4) is 0 Å². The summed E-state index contributed by atoms with van der Waals surface area (Å²) in [6.45, 7) is 1.58. The molecule has 0 aliphatic rings. The van der Waals surface area contributed by atoms with Gasteiger partial charge in [0.15, 0.2) is 0 Å². The van der Waals surface area contributed by atoms with Crippen LogP contribution in [0.3, 0.4) is 0 Å². The summed E-state index contributed by atoms with van der Waals surface area (Å²) in [5.74, 6) is -2.40. The van der Waals surface area contributed by atoms with Crippen LogP contribution in [0.5, 0.6) is 0 Å². The molecule has 0 heterocycles. The number of hydrogen-bond donors (Lipinski definition) is 3. The monoisotopic (exact) mass is 290 g/mol. The molecule has 4 N–H and O–H groups in total. The Morgan fingerprint density at radius 3 is 2.58 bits per heavy atom. The van der Waals surface area contributed by atoms with E-state index in [2.05, 4.69) is 5.32 Å². The van der Waals surface area contributed by atoms with Gasteiger partial charge in [0.05, 0.1) is 17.1 Å². The van der Waals surface area contributed by atoms with Gasteiger partial charge < -0.3 is 16.2 Å². The molecule has 1 unspecified atom stereocenters. The van der Waals surface area contributed by atoms with Crippen LogP contribution in [0, 0.1) is 5.82 Å². The summed E-state index contributed by atoms with van der Waals surface area (Å²) in [4.78, 5) is 11.1. The first kappa shape index (κ1) is 15.2. The highest BCUT2D eigenvalue weighted by molar-refractivity contribution is 7.90. The molecule has 0 radical (unpaired) electrons. The zero-order chi connectivity index (χ0) is 14.8. The van der Waals surface area contributed by atoms with Gasteiger partial charge in [0, 0.05) is 12.3 Å². The highest BCUT2D eigenvalue weighted by atomic mass is 32.2. The van der Waals surface area contributed by atoms with E-state index in [1.165, 1.54) is 6.07 Å². The first-order chi connectivity index (χ1) is 8.61. The van der Waals surface area contributed by atoms with Crippen LogP contribution in [0.1, 0.15) is 17.3 Å². The summed E-state index contributed by atoms with van der Waals surface area (Å²) >= 11 is 0. The smallest absolute Gasteiger partial charge is 0.340 e. The predicted molar refractivity (Wildman–Crippen MR) is 70.6 cm³/mol. The lowest BCUT2D eigenvalue weighted by Gasteiger charge is -2.17. The molecule has 0 amide bonds. The minimum Gasteiger partial charge on any atom is -0.478 e. The van der Waals surface area contributed by atoms with E-state index < -0.39 is 38.9 Å². The number of carboxylic acids is 1. The number of benzene rings is 1. The van der Waals surface area contributed by atoms with E-state index in [4.69, 9.17) is 10.8 Å². The zero-order valence-corrected chi connectivity index (χ0v) is 11.3. The van der Waals surface area contributed by atoms with Crippen LogP contribution < -0.4 is 11.1 Å². The van der Waals surface area contributed by atoms with Crippen molar-refractivity contribution < 1.29 is 22.7 Å². The third-order valence-electron chi connectivity index (χ3n) is 2.36. The molecule has 0 aliphatic heterocycles. The summed E-state index contributed by atoms with van der Waals surface area (Å²) in [7, 11) is -3.21. The highest BCUT2D eigenvalue weighted by Crippen LogP contribution is 2.25. The van der Waals surface area contributed by atoms with Gasteiger partial charge in [0.2, 0.25) is 0 Å². The summed E-state index contributed by atoms with van der Waals surface area (Å²) in [6.07, 6.45) is 1.07. The van der Waals surface area contributed by atoms with E-state index in [-0.39, 0.29) is 11.4 Å². The van der Waals surface area contributed by atoms with E-state index in [0.717, 1.165) is 12.3 Å². The maximum absolute atomic E-state index is 13.2. The molecular formula is C11H15FN2O4S. The fourth-order valence-electron chi connectivity index (χ4n) is 1.71. The Morgan fingerprint density at radius 1 is 1.53 bits per heavy atom. The fraction of sp³-hybridized carbons (Fsp3) is 0.364. The molecule has 6 nitrogen and oxygen atoms in total. The first-order valence-corrected chi connectivity index (χ1v) is 7.43. The largest absolute Gasteiger partial charge is 0.478 e. The van der Waals surface area contributed by atoms with Crippen molar-refractivity contribution in [1.82, 2.24) is 0 Å². The molecule has 0 saturated carbocycles. The number of rotatable bonds is 5. The molecule has 1 rings (SSSR count). The summed E-state index contributed by atoms with van der Waals surface area (Å²) < 4.78 is 35.5. The number of sulfone groups is 1. The van der Waals surface area contributed by atoms with Crippen molar-refractivity contribution in [2.45, 2.75) is 13.0 Å². The van der Waals surface area contributed by atoms with Gasteiger partial charge in [-0.05, 0) is 19.1 Å². The van der Waals surface area contributed by atoms with Crippen molar-refractivity contribution in [2.75, 3.05) is 23.1 Å². The maximum Gasteiger partial charge on any atom is 0.340 e. The van der Waals surface area contributed by atoms with Crippen LogP contribution in [0.15, 0.2) is 12.1 Å². The average Bonchev–Trinajstić information content (AvgIpc) is 2.20. The molecule has 1 aromatic carbocycles. The molecule has 0 saturated heterocycles. The van der Waals surface area contributed by atoms with Crippen LogP contribution in [0.25, 0.3) is 0 Å². The van der Waals surface area contributed by atoms with Crippen molar-refractivity contribution in [3.05, 3.63) is 23.5 Å². The Morgan fingerprint density at radius 2 is 2.11 bits per heavy atom. The van der Waals surface area contributed by atoms with Crippen LogP contribution in [-0.4, -0.2) is 37.5 Å². The van der Waals surface area contributed by atoms with Gasteiger partial charge in [-0.15, -0.1) is 0 Å². The minimum atomic E-state index is -3.21. The molecule has 1 aromatic rings. The van der Waals surface area contributed by atoms with Crippen LogP contribution in [0.4, 0.5) is 15.8 Å². The van der Waals surface area contributed by atoms with Crippen LogP contribution in [-0.2, 0) is 9.84 Å². The molecule has 0 fully saturated rings. The number of halogens is 1. The lowest BCUT2D eigenvalue weighted by atomic mass is 10.1. The Labute approximate surface area is 110 Å². The van der Waals surface area contributed by atoms with E-state index in [9.17, 15) is 17.6 Å². The van der Waals surface area contributed by atoms with Crippen molar-refractivity contribution in [2.24, 2.45) is 0 Å². The Hall–Kier alpha value is -1.83. The lowest BCUT2D eigenvalue weighted by molar-refractivity contribution is 0.0698. The molecule has 0 aliphatic carbocycles. The number of carboxylic acid groups (broad SMARTS) is 1. The summed E-state index contributed by atoms with van der Waals surface area (Å²) in [6, 6.07) is 1.71. The van der Waals surface area contributed by atoms with Crippen molar-refractivity contribution in [1.29, 1.82) is 0 Å². The van der Waals surface area contributed by atoms with Gasteiger partial charge in [0.1, 0.15) is 21.2 Å². The lowest BCUT2D eigenvalue weighted by Crippen LogP contribution is -2.26. The number of nitrogens with one attached hydrogen (secondary N) is 1. The molecular weight excluding hydrogens is 275 g/mol. The molecule has 19 heavy (non-hydrogen) atoms. The van der Waals surface area contributed by atoms with Gasteiger partial charge in [0.25, 0.3) is 0 Å². The van der Waals surface area contributed by atoms with Gasteiger partial charge in [-0.25, -0.2) is 17.6 Å². The van der Waals surface area contributed by atoms with Gasteiger partial charge in [-0.3, -0.25) is 0 Å². The fourth-order valence-corrected chi connectivity index (χ4v) is 2.70. The van der Waals surface area contributed by atoms with Gasteiger partial charge in [-0.2, -0.15) is 0 Å². The topological polar surface area (TPSA) is 109 Å². The Kier molecular flexibility index (Phi) is 4.35. The minimum absolute atomic E-state index is 0.0857. The molecule has 1 atom stereocenters. The normalized spacial score (nSPS) is 13.0. The van der Waals surface area contributed by atoms with E-state index in [0.29, 0.717) is 0 Å². The summed E-state index contributed by atoms with van der Waals surface area (Å²) in [5.41, 5.74) is 4.57. The number of carbonyl (C=O) groups is 1.